The van der Waals surface area contributed by atoms with Crippen LogP contribution in [0.4, 0.5) is 14.5 Å². The van der Waals surface area contributed by atoms with Gasteiger partial charge in [0.05, 0.1) is 7.11 Å². The molecule has 0 bridgehead atoms. The summed E-state index contributed by atoms with van der Waals surface area (Å²) in [6.45, 7) is 0. The fourth-order valence-electron chi connectivity index (χ4n) is 1.97. The number of rotatable bonds is 4. The van der Waals surface area contributed by atoms with Gasteiger partial charge >= 0.3 is 11.8 Å². The van der Waals surface area contributed by atoms with E-state index in [0.717, 1.165) is 12.1 Å². The molecule has 0 saturated carbocycles. The summed E-state index contributed by atoms with van der Waals surface area (Å²) in [6.07, 6.45) is 0. The first kappa shape index (κ1) is 15.6. The second kappa shape index (κ2) is 6.45. The molecule has 3 rings (SSSR count). The maximum absolute atomic E-state index is 13.5. The lowest BCUT2D eigenvalue weighted by atomic mass is 10.2. The predicted molar refractivity (Wildman–Crippen MR) is 80.6 cm³/mol. The van der Waals surface area contributed by atoms with E-state index in [-0.39, 0.29) is 5.89 Å². The van der Waals surface area contributed by atoms with Gasteiger partial charge in [0, 0.05) is 5.56 Å². The molecular weight excluding hydrogens is 320 g/mol. The molecule has 1 amide bonds. The molecule has 0 fully saturated rings. The summed E-state index contributed by atoms with van der Waals surface area (Å²) in [4.78, 5) is 12.0. The third-order valence-electron chi connectivity index (χ3n) is 3.14. The predicted octanol–water partition coefficient (Wildman–Crippen LogP) is 3.28. The molecule has 3 aromatic rings. The van der Waals surface area contributed by atoms with Crippen molar-refractivity contribution in [1.29, 1.82) is 0 Å². The number of anilines is 1. The molecular formula is C16H11F2N3O3. The molecule has 0 radical (unpaired) electrons. The van der Waals surface area contributed by atoms with Crippen LogP contribution in [-0.4, -0.2) is 23.2 Å². The maximum Gasteiger partial charge on any atom is 0.313 e. The quantitative estimate of drug-likeness (QED) is 0.794. The van der Waals surface area contributed by atoms with E-state index in [1.807, 2.05) is 0 Å². The summed E-state index contributed by atoms with van der Waals surface area (Å²) in [5.74, 6) is -2.50. The van der Waals surface area contributed by atoms with Crippen molar-refractivity contribution in [3.8, 4) is 17.2 Å². The Hall–Kier alpha value is -3.29. The van der Waals surface area contributed by atoms with Gasteiger partial charge in [-0.25, -0.2) is 8.78 Å². The number of carbonyl (C=O) groups excluding carboxylic acids is 1. The maximum atomic E-state index is 13.5. The van der Waals surface area contributed by atoms with Crippen LogP contribution in [0.15, 0.2) is 46.9 Å². The number of methoxy groups -OCH3 is 1. The Kier molecular flexibility index (Phi) is 4.19. The fourth-order valence-corrected chi connectivity index (χ4v) is 1.97. The molecule has 1 heterocycles. The van der Waals surface area contributed by atoms with E-state index in [1.54, 1.807) is 24.3 Å². The molecule has 0 aliphatic rings. The zero-order chi connectivity index (χ0) is 17.1. The molecule has 0 atom stereocenters. The lowest BCUT2D eigenvalue weighted by Gasteiger charge is -2.04. The molecule has 0 aliphatic carbocycles. The van der Waals surface area contributed by atoms with Gasteiger partial charge in [0.15, 0.2) is 0 Å². The van der Waals surface area contributed by atoms with Crippen molar-refractivity contribution in [2.24, 2.45) is 0 Å². The van der Waals surface area contributed by atoms with Gasteiger partial charge in [-0.3, -0.25) is 4.79 Å². The molecule has 8 heteroatoms. The highest BCUT2D eigenvalue weighted by molar-refractivity contribution is 6.01. The Labute approximate surface area is 135 Å². The Morgan fingerprint density at radius 1 is 1.12 bits per heavy atom. The van der Waals surface area contributed by atoms with Gasteiger partial charge in [0.1, 0.15) is 23.1 Å². The van der Waals surface area contributed by atoms with Crippen LogP contribution in [0.5, 0.6) is 5.75 Å². The highest BCUT2D eigenvalue weighted by Crippen LogP contribution is 2.23. The van der Waals surface area contributed by atoms with Gasteiger partial charge in [0.25, 0.3) is 0 Å². The monoisotopic (exact) mass is 331 g/mol. The normalized spacial score (nSPS) is 10.5. The molecule has 122 valence electrons. The largest absolute Gasteiger partial charge is 0.497 e. The van der Waals surface area contributed by atoms with Crippen LogP contribution in [0.3, 0.4) is 0 Å². The minimum atomic E-state index is -0.916. The lowest BCUT2D eigenvalue weighted by Crippen LogP contribution is -2.14. The van der Waals surface area contributed by atoms with Crippen molar-refractivity contribution in [2.45, 2.75) is 0 Å². The zero-order valence-electron chi connectivity index (χ0n) is 12.4. The Bertz CT molecular complexity index is 876. The van der Waals surface area contributed by atoms with E-state index in [9.17, 15) is 13.6 Å². The van der Waals surface area contributed by atoms with Gasteiger partial charge in [-0.05, 0) is 30.3 Å². The lowest BCUT2D eigenvalue weighted by molar-refractivity contribution is 0.0989. The third kappa shape index (κ3) is 3.07. The Balaban J connectivity index is 1.83. The van der Waals surface area contributed by atoms with E-state index in [0.29, 0.717) is 11.3 Å². The van der Waals surface area contributed by atoms with Crippen LogP contribution in [0.1, 0.15) is 10.7 Å². The number of amides is 1. The second-order valence-corrected chi connectivity index (χ2v) is 4.70. The fraction of sp³-hybridized carbons (Fsp3) is 0.0625. The minimum absolute atomic E-state index is 0.0769. The van der Waals surface area contributed by atoms with Crippen LogP contribution in [-0.2, 0) is 0 Å². The smallest absolute Gasteiger partial charge is 0.313 e. The van der Waals surface area contributed by atoms with E-state index in [2.05, 4.69) is 15.5 Å². The standard InChI is InChI=1S/C16H11F2N3O3/c1-23-10-5-2-4-9(8-10)15-20-21-16(24-15)14(22)19-13-11(17)6-3-7-12(13)18/h2-8H,1H3,(H,19,22). The number of hydrogen-bond acceptors (Lipinski definition) is 5. The Morgan fingerprint density at radius 3 is 2.54 bits per heavy atom. The van der Waals surface area contributed by atoms with Crippen molar-refractivity contribution in [1.82, 2.24) is 10.2 Å². The van der Waals surface area contributed by atoms with Gasteiger partial charge in [-0.15, -0.1) is 10.2 Å². The van der Waals surface area contributed by atoms with E-state index in [1.165, 1.54) is 13.2 Å². The van der Waals surface area contributed by atoms with E-state index < -0.39 is 29.1 Å². The number of ether oxygens (including phenoxy) is 1. The number of nitrogens with one attached hydrogen (secondary N) is 1. The van der Waals surface area contributed by atoms with Crippen LogP contribution in [0.25, 0.3) is 11.5 Å². The summed E-state index contributed by atoms with van der Waals surface area (Å²) in [7, 11) is 1.51. The second-order valence-electron chi connectivity index (χ2n) is 4.70. The van der Waals surface area contributed by atoms with Crippen LogP contribution < -0.4 is 10.1 Å². The van der Waals surface area contributed by atoms with Gasteiger partial charge in [0.2, 0.25) is 5.89 Å². The minimum Gasteiger partial charge on any atom is -0.497 e. The van der Waals surface area contributed by atoms with Gasteiger partial charge in [-0.2, -0.15) is 0 Å². The van der Waals surface area contributed by atoms with Crippen molar-refractivity contribution in [3.05, 3.63) is 60.0 Å². The zero-order valence-corrected chi connectivity index (χ0v) is 12.4. The number of hydrogen-bond donors (Lipinski definition) is 1. The third-order valence-corrected chi connectivity index (χ3v) is 3.14. The highest BCUT2D eigenvalue weighted by Gasteiger charge is 2.19. The molecule has 0 spiro atoms. The SMILES string of the molecule is COc1cccc(-c2nnc(C(=O)Nc3c(F)cccc3F)o2)c1. The van der Waals surface area contributed by atoms with Crippen molar-refractivity contribution < 1.29 is 22.7 Å². The number of halogens is 2. The summed E-state index contributed by atoms with van der Waals surface area (Å²) < 4.78 is 37.4. The van der Waals surface area contributed by atoms with Crippen molar-refractivity contribution in [3.63, 3.8) is 0 Å². The topological polar surface area (TPSA) is 77.2 Å². The van der Waals surface area contributed by atoms with Gasteiger partial charge < -0.3 is 14.5 Å². The first-order chi connectivity index (χ1) is 11.6. The van der Waals surface area contributed by atoms with Crippen molar-refractivity contribution in [2.75, 3.05) is 12.4 Å². The van der Waals surface area contributed by atoms with E-state index in [4.69, 9.17) is 9.15 Å². The highest BCUT2D eigenvalue weighted by atomic mass is 19.1. The summed E-state index contributed by atoms with van der Waals surface area (Å²) in [6, 6.07) is 10.0. The number of aromatic nitrogens is 2. The number of carbonyl (C=O) groups is 1. The molecule has 0 unspecified atom stereocenters. The molecule has 0 saturated heterocycles. The molecule has 1 aromatic heterocycles. The summed E-state index contributed by atoms with van der Waals surface area (Å²) in [5, 5.41) is 9.41. The number of nitrogens with zero attached hydrogens (tertiary/aromatic N) is 2. The van der Waals surface area contributed by atoms with Crippen LogP contribution in [0, 0.1) is 11.6 Å². The van der Waals surface area contributed by atoms with Crippen LogP contribution >= 0.6 is 0 Å². The first-order valence-electron chi connectivity index (χ1n) is 6.82. The molecule has 24 heavy (non-hydrogen) atoms. The molecule has 6 nitrogen and oxygen atoms in total. The molecule has 2 aromatic carbocycles. The molecule has 0 aliphatic heterocycles. The number of para-hydroxylation sites is 1. The summed E-state index contributed by atoms with van der Waals surface area (Å²) in [5.41, 5.74) is -0.0402. The van der Waals surface area contributed by atoms with E-state index >= 15 is 0 Å². The summed E-state index contributed by atoms with van der Waals surface area (Å²) >= 11 is 0. The van der Waals surface area contributed by atoms with Gasteiger partial charge in [-0.1, -0.05) is 12.1 Å². The van der Waals surface area contributed by atoms with Crippen LogP contribution in [0.2, 0.25) is 0 Å². The van der Waals surface area contributed by atoms with Crippen molar-refractivity contribution >= 4 is 11.6 Å². The average molecular weight is 331 g/mol. The first-order valence-corrected chi connectivity index (χ1v) is 6.82. The number of benzene rings is 2. The average Bonchev–Trinajstić information content (AvgIpc) is 3.08. The Morgan fingerprint density at radius 2 is 1.83 bits per heavy atom. The molecule has 1 N–H and O–H groups in total.